The summed E-state index contributed by atoms with van der Waals surface area (Å²) < 4.78 is 0. The standard InChI is InChI=1S/C26H34N4O3S/c1-17-28-21(12-22(29-17)23-5-4-10-34-23)20-16-30-9-6-18(20)11-19(30)15-27-24(31)13-26(14-25(32)33)7-2-3-8-26/h4-5,10,12,18-20H,2-3,6-9,11,13-16H2,1H3,(H,27,31)(H,32,33)/t18-,19+,20-/m0/s1. The molecule has 4 fully saturated rings. The quantitative estimate of drug-likeness (QED) is 0.585. The van der Waals surface area contributed by atoms with Crippen molar-refractivity contribution in [2.45, 2.75) is 70.3 Å². The third kappa shape index (κ3) is 5.03. The van der Waals surface area contributed by atoms with Crippen LogP contribution in [0.4, 0.5) is 0 Å². The van der Waals surface area contributed by atoms with E-state index >= 15 is 0 Å². The Morgan fingerprint density at radius 3 is 2.76 bits per heavy atom. The van der Waals surface area contributed by atoms with Crippen LogP contribution in [-0.2, 0) is 9.59 Å². The molecule has 1 amide bonds. The number of nitrogens with one attached hydrogen (secondary N) is 1. The normalized spacial score (nSPS) is 27.6. The Hall–Kier alpha value is -2.32. The highest BCUT2D eigenvalue weighted by molar-refractivity contribution is 7.13. The first-order valence-electron chi connectivity index (χ1n) is 12.5. The van der Waals surface area contributed by atoms with E-state index in [0.717, 1.165) is 68.8 Å². The fourth-order valence-electron chi connectivity index (χ4n) is 6.51. The summed E-state index contributed by atoms with van der Waals surface area (Å²) in [6.45, 7) is 4.65. The Labute approximate surface area is 205 Å². The zero-order chi connectivity index (χ0) is 23.7. The van der Waals surface area contributed by atoms with E-state index in [2.05, 4.69) is 38.8 Å². The summed E-state index contributed by atoms with van der Waals surface area (Å²) in [6, 6.07) is 6.68. The van der Waals surface area contributed by atoms with Crippen LogP contribution in [0.15, 0.2) is 23.6 Å². The molecule has 2 N–H and O–H groups in total. The van der Waals surface area contributed by atoms with Crippen LogP contribution in [-0.4, -0.2) is 57.5 Å². The van der Waals surface area contributed by atoms with Crippen LogP contribution in [0.25, 0.3) is 10.6 Å². The van der Waals surface area contributed by atoms with Crippen LogP contribution >= 0.6 is 11.3 Å². The van der Waals surface area contributed by atoms with Gasteiger partial charge >= 0.3 is 5.97 Å². The zero-order valence-corrected chi connectivity index (χ0v) is 20.6. The first-order valence-corrected chi connectivity index (χ1v) is 13.4. The fraction of sp³-hybridized carbons (Fsp3) is 0.615. The molecule has 2 bridgehead atoms. The number of aromatic nitrogens is 2. The molecule has 1 saturated carbocycles. The Balaban J connectivity index is 1.20. The van der Waals surface area contributed by atoms with Gasteiger partial charge in [0.05, 0.1) is 17.0 Å². The van der Waals surface area contributed by atoms with Crippen LogP contribution in [0, 0.1) is 18.3 Å². The lowest BCUT2D eigenvalue weighted by atomic mass is 9.74. The van der Waals surface area contributed by atoms with Crippen molar-refractivity contribution in [3.05, 3.63) is 35.1 Å². The summed E-state index contributed by atoms with van der Waals surface area (Å²) in [5.41, 5.74) is 1.81. The SMILES string of the molecule is Cc1nc(-c2cccs2)cc([C@H]2CN3CC[C@H]2C[C@@H]3CNC(=O)CC2(CC(=O)O)CCCC2)n1. The minimum atomic E-state index is -0.793. The van der Waals surface area contributed by atoms with Crippen molar-refractivity contribution >= 4 is 23.2 Å². The molecule has 6 rings (SSSR count). The van der Waals surface area contributed by atoms with E-state index in [1.54, 1.807) is 11.3 Å². The number of aryl methyl sites for hydroxylation is 1. The fourth-order valence-corrected chi connectivity index (χ4v) is 7.20. The Bertz CT molecular complexity index is 1030. The molecule has 4 aliphatic rings. The molecule has 0 spiro atoms. The number of carbonyl (C=O) groups is 2. The van der Waals surface area contributed by atoms with E-state index in [1.165, 1.54) is 4.88 Å². The molecule has 4 atom stereocenters. The highest BCUT2D eigenvalue weighted by atomic mass is 32.1. The molecule has 34 heavy (non-hydrogen) atoms. The van der Waals surface area contributed by atoms with E-state index in [0.29, 0.717) is 30.8 Å². The number of piperidine rings is 3. The maximum atomic E-state index is 12.8. The average molecular weight is 483 g/mol. The summed E-state index contributed by atoms with van der Waals surface area (Å²) in [5, 5.41) is 14.6. The van der Waals surface area contributed by atoms with Crippen molar-refractivity contribution in [3.63, 3.8) is 0 Å². The van der Waals surface area contributed by atoms with Crippen molar-refractivity contribution in [3.8, 4) is 10.6 Å². The van der Waals surface area contributed by atoms with E-state index in [-0.39, 0.29) is 17.7 Å². The molecule has 0 radical (unpaired) electrons. The van der Waals surface area contributed by atoms with Crippen LogP contribution in [0.3, 0.4) is 0 Å². The molecule has 1 unspecified atom stereocenters. The van der Waals surface area contributed by atoms with E-state index in [9.17, 15) is 14.7 Å². The van der Waals surface area contributed by atoms with Gasteiger partial charge in [0.2, 0.25) is 5.91 Å². The number of thiophene rings is 1. The van der Waals surface area contributed by atoms with Gasteiger partial charge in [-0.2, -0.15) is 0 Å². The van der Waals surface area contributed by atoms with Gasteiger partial charge in [-0.1, -0.05) is 18.9 Å². The molecule has 1 aliphatic carbocycles. The first-order chi connectivity index (χ1) is 16.4. The first kappa shape index (κ1) is 23.4. The van der Waals surface area contributed by atoms with Gasteiger partial charge in [-0.05, 0) is 68.0 Å². The maximum absolute atomic E-state index is 12.8. The minimum absolute atomic E-state index is 0.00867. The number of fused-ring (bicyclic) bond motifs is 3. The van der Waals surface area contributed by atoms with Gasteiger partial charge in [-0.3, -0.25) is 14.5 Å². The van der Waals surface area contributed by atoms with Crippen molar-refractivity contribution < 1.29 is 14.7 Å². The van der Waals surface area contributed by atoms with Crippen LogP contribution in [0.2, 0.25) is 0 Å². The molecule has 2 aromatic heterocycles. The second-order valence-electron chi connectivity index (χ2n) is 10.5. The Kier molecular flexibility index (Phi) is 6.71. The van der Waals surface area contributed by atoms with Crippen molar-refractivity contribution in [2.75, 3.05) is 19.6 Å². The molecule has 2 aromatic rings. The lowest BCUT2D eigenvalue weighted by Gasteiger charge is -2.49. The van der Waals surface area contributed by atoms with Gasteiger partial charge in [-0.15, -0.1) is 11.3 Å². The summed E-state index contributed by atoms with van der Waals surface area (Å²) in [4.78, 5) is 37.3. The lowest BCUT2D eigenvalue weighted by Crippen LogP contribution is -2.56. The predicted molar refractivity (Wildman–Crippen MR) is 132 cm³/mol. The summed E-state index contributed by atoms with van der Waals surface area (Å²) in [5.74, 6) is 1.00. The number of carboxylic acids is 1. The number of aliphatic carboxylic acids is 1. The molecule has 0 aromatic carbocycles. The third-order valence-electron chi connectivity index (χ3n) is 8.15. The monoisotopic (exact) mass is 482 g/mol. The lowest BCUT2D eigenvalue weighted by molar-refractivity contribution is -0.140. The molecule has 3 saturated heterocycles. The van der Waals surface area contributed by atoms with Gasteiger partial charge in [0.15, 0.2) is 0 Å². The van der Waals surface area contributed by atoms with E-state index in [1.807, 2.05) is 6.92 Å². The number of hydrogen-bond donors (Lipinski definition) is 2. The molecule has 8 heteroatoms. The van der Waals surface area contributed by atoms with Crippen LogP contribution in [0.5, 0.6) is 0 Å². The van der Waals surface area contributed by atoms with Gasteiger partial charge in [0, 0.05) is 37.2 Å². The molecule has 3 aliphatic heterocycles. The summed E-state index contributed by atoms with van der Waals surface area (Å²) in [7, 11) is 0. The van der Waals surface area contributed by atoms with Gasteiger partial charge in [0.1, 0.15) is 5.82 Å². The molecule has 7 nitrogen and oxygen atoms in total. The van der Waals surface area contributed by atoms with Crippen LogP contribution in [0.1, 0.15) is 68.8 Å². The second-order valence-corrected chi connectivity index (χ2v) is 11.4. The van der Waals surface area contributed by atoms with Crippen molar-refractivity contribution in [1.82, 2.24) is 20.2 Å². The molecular formula is C26H34N4O3S. The number of amides is 1. The highest BCUT2D eigenvalue weighted by Crippen LogP contribution is 2.44. The number of nitrogens with zero attached hydrogens (tertiary/aromatic N) is 3. The highest BCUT2D eigenvalue weighted by Gasteiger charge is 2.42. The summed E-state index contributed by atoms with van der Waals surface area (Å²) in [6.07, 6.45) is 6.40. The van der Waals surface area contributed by atoms with Gasteiger partial charge in [0.25, 0.3) is 0 Å². The second kappa shape index (κ2) is 9.74. The van der Waals surface area contributed by atoms with Crippen LogP contribution < -0.4 is 5.32 Å². The number of hydrogen-bond acceptors (Lipinski definition) is 6. The zero-order valence-electron chi connectivity index (χ0n) is 19.8. The third-order valence-corrected chi connectivity index (χ3v) is 9.04. The Morgan fingerprint density at radius 2 is 2.09 bits per heavy atom. The smallest absolute Gasteiger partial charge is 0.303 e. The Morgan fingerprint density at radius 1 is 1.26 bits per heavy atom. The van der Waals surface area contributed by atoms with Gasteiger partial charge < -0.3 is 10.4 Å². The molecular weight excluding hydrogens is 448 g/mol. The maximum Gasteiger partial charge on any atom is 0.303 e. The van der Waals surface area contributed by atoms with E-state index < -0.39 is 5.97 Å². The number of rotatable bonds is 8. The average Bonchev–Trinajstić information content (AvgIpc) is 3.50. The minimum Gasteiger partial charge on any atom is -0.481 e. The predicted octanol–water partition coefficient (Wildman–Crippen LogP) is 4.23. The number of carbonyl (C=O) groups excluding carboxylic acids is 1. The van der Waals surface area contributed by atoms with Gasteiger partial charge in [-0.25, -0.2) is 9.97 Å². The number of carboxylic acid groups (broad SMARTS) is 1. The molecule has 5 heterocycles. The molecule has 182 valence electrons. The topological polar surface area (TPSA) is 95.4 Å². The summed E-state index contributed by atoms with van der Waals surface area (Å²) >= 11 is 1.71. The van der Waals surface area contributed by atoms with Crippen molar-refractivity contribution in [1.29, 1.82) is 0 Å². The van der Waals surface area contributed by atoms with E-state index in [4.69, 9.17) is 4.98 Å². The van der Waals surface area contributed by atoms with Crippen molar-refractivity contribution in [2.24, 2.45) is 11.3 Å². The largest absolute Gasteiger partial charge is 0.481 e.